The van der Waals surface area contributed by atoms with Crippen LogP contribution in [0.3, 0.4) is 0 Å². The second-order valence-corrected chi connectivity index (χ2v) is 2.46. The SMILES string of the molecule is N=C(SN)c1ccccc1. The largest absolute Gasteiger partial charge is 0.292 e. The second-order valence-electron chi connectivity index (χ2n) is 1.81. The molecule has 1 rings (SSSR count). The van der Waals surface area contributed by atoms with Crippen LogP contribution in [0.5, 0.6) is 0 Å². The van der Waals surface area contributed by atoms with Gasteiger partial charge in [0.1, 0.15) is 5.04 Å². The molecule has 10 heavy (non-hydrogen) atoms. The number of hydrogen-bond acceptors (Lipinski definition) is 3. The first-order valence-electron chi connectivity index (χ1n) is 2.85. The van der Waals surface area contributed by atoms with Gasteiger partial charge in [0.25, 0.3) is 0 Å². The van der Waals surface area contributed by atoms with E-state index in [1.54, 1.807) is 0 Å². The van der Waals surface area contributed by atoms with E-state index in [0.717, 1.165) is 17.5 Å². The molecule has 3 N–H and O–H groups in total. The van der Waals surface area contributed by atoms with Gasteiger partial charge in [0, 0.05) is 5.56 Å². The van der Waals surface area contributed by atoms with Crippen LogP contribution in [0.2, 0.25) is 0 Å². The first-order chi connectivity index (χ1) is 4.84. The minimum Gasteiger partial charge on any atom is -0.292 e. The molecule has 0 saturated carbocycles. The van der Waals surface area contributed by atoms with Gasteiger partial charge in [0.2, 0.25) is 0 Å². The molecule has 0 fully saturated rings. The summed E-state index contributed by atoms with van der Waals surface area (Å²) in [7, 11) is 0. The van der Waals surface area contributed by atoms with Gasteiger partial charge in [-0.05, 0) is 11.9 Å². The minimum atomic E-state index is 0.403. The highest BCUT2D eigenvalue weighted by atomic mass is 32.2. The Morgan fingerprint density at radius 2 is 1.90 bits per heavy atom. The van der Waals surface area contributed by atoms with Crippen LogP contribution >= 0.6 is 11.9 Å². The van der Waals surface area contributed by atoms with Gasteiger partial charge in [-0.15, -0.1) is 0 Å². The van der Waals surface area contributed by atoms with Gasteiger partial charge in [-0.3, -0.25) is 10.5 Å². The molecule has 2 nitrogen and oxygen atoms in total. The number of benzene rings is 1. The summed E-state index contributed by atoms with van der Waals surface area (Å²) in [6.07, 6.45) is 0. The minimum absolute atomic E-state index is 0.403. The summed E-state index contributed by atoms with van der Waals surface area (Å²) in [5.74, 6) is 0. The van der Waals surface area contributed by atoms with Crippen molar-refractivity contribution in [3.05, 3.63) is 35.9 Å². The molecule has 0 aliphatic carbocycles. The van der Waals surface area contributed by atoms with E-state index in [0.29, 0.717) is 5.04 Å². The fraction of sp³-hybridized carbons (Fsp3) is 0. The fourth-order valence-electron chi connectivity index (χ4n) is 0.658. The molecule has 1 aromatic rings. The van der Waals surface area contributed by atoms with E-state index in [1.807, 2.05) is 30.3 Å². The molecule has 0 heterocycles. The lowest BCUT2D eigenvalue weighted by Crippen LogP contribution is -1.95. The maximum atomic E-state index is 7.32. The van der Waals surface area contributed by atoms with Crippen LogP contribution in [0, 0.1) is 5.41 Å². The third-order valence-corrected chi connectivity index (χ3v) is 1.63. The normalized spacial score (nSPS) is 9.30. The van der Waals surface area contributed by atoms with Gasteiger partial charge in [0.15, 0.2) is 0 Å². The van der Waals surface area contributed by atoms with Gasteiger partial charge in [-0.1, -0.05) is 30.3 Å². The molecule has 0 saturated heterocycles. The van der Waals surface area contributed by atoms with Crippen molar-refractivity contribution in [1.82, 2.24) is 0 Å². The molecular formula is C7H8N2S. The van der Waals surface area contributed by atoms with Crippen molar-refractivity contribution in [2.75, 3.05) is 0 Å². The van der Waals surface area contributed by atoms with Crippen molar-refractivity contribution in [1.29, 1.82) is 5.41 Å². The highest BCUT2D eigenvalue weighted by Crippen LogP contribution is 2.05. The van der Waals surface area contributed by atoms with Crippen molar-refractivity contribution in [3.63, 3.8) is 0 Å². The van der Waals surface area contributed by atoms with Gasteiger partial charge in [-0.2, -0.15) is 0 Å². The Morgan fingerprint density at radius 1 is 1.30 bits per heavy atom. The van der Waals surface area contributed by atoms with Crippen LogP contribution < -0.4 is 5.14 Å². The maximum Gasteiger partial charge on any atom is 0.109 e. The lowest BCUT2D eigenvalue weighted by Gasteiger charge is -1.96. The van der Waals surface area contributed by atoms with Crippen molar-refractivity contribution < 1.29 is 0 Å². The van der Waals surface area contributed by atoms with Gasteiger partial charge < -0.3 is 0 Å². The van der Waals surface area contributed by atoms with Crippen LogP contribution in [-0.4, -0.2) is 5.04 Å². The molecule has 0 unspecified atom stereocenters. The average Bonchev–Trinajstić information content (AvgIpc) is 2.05. The molecule has 0 atom stereocenters. The second kappa shape index (κ2) is 3.39. The average molecular weight is 152 g/mol. The number of hydrogen-bond donors (Lipinski definition) is 2. The number of rotatable bonds is 1. The summed E-state index contributed by atoms with van der Waals surface area (Å²) < 4.78 is 0. The Hall–Kier alpha value is -0.800. The van der Waals surface area contributed by atoms with E-state index >= 15 is 0 Å². The van der Waals surface area contributed by atoms with Gasteiger partial charge >= 0.3 is 0 Å². The zero-order valence-corrected chi connectivity index (χ0v) is 6.19. The third-order valence-electron chi connectivity index (χ3n) is 1.15. The number of nitrogens with two attached hydrogens (primary N) is 1. The molecule has 0 amide bonds. The molecule has 0 aliphatic rings. The summed E-state index contributed by atoms with van der Waals surface area (Å²) in [4.78, 5) is 0. The van der Waals surface area contributed by atoms with Crippen LogP contribution in [0.1, 0.15) is 5.56 Å². The monoisotopic (exact) mass is 152 g/mol. The van der Waals surface area contributed by atoms with E-state index in [4.69, 9.17) is 10.5 Å². The van der Waals surface area contributed by atoms with E-state index in [9.17, 15) is 0 Å². The van der Waals surface area contributed by atoms with Gasteiger partial charge in [0.05, 0.1) is 0 Å². The summed E-state index contributed by atoms with van der Waals surface area (Å²) in [5, 5.41) is 12.9. The van der Waals surface area contributed by atoms with E-state index < -0.39 is 0 Å². The molecule has 0 aliphatic heterocycles. The standard InChI is InChI=1S/C7H8N2S/c8-7(10-9)6-4-2-1-3-5-6/h1-5,8H,9H2. The van der Waals surface area contributed by atoms with E-state index in [1.165, 1.54) is 0 Å². The van der Waals surface area contributed by atoms with Crippen LogP contribution in [-0.2, 0) is 0 Å². The van der Waals surface area contributed by atoms with E-state index in [-0.39, 0.29) is 0 Å². The summed E-state index contributed by atoms with van der Waals surface area (Å²) in [5.41, 5.74) is 0.870. The Kier molecular flexibility index (Phi) is 2.48. The quantitative estimate of drug-likeness (QED) is 0.365. The number of nitrogens with one attached hydrogen (secondary N) is 1. The molecule has 52 valence electrons. The van der Waals surface area contributed by atoms with Crippen LogP contribution in [0.25, 0.3) is 0 Å². The Labute approximate surface area is 64.1 Å². The molecule has 0 bridgehead atoms. The first kappa shape index (κ1) is 7.31. The molecule has 0 radical (unpaired) electrons. The molecule has 1 aromatic carbocycles. The van der Waals surface area contributed by atoms with Crippen molar-refractivity contribution in [2.24, 2.45) is 5.14 Å². The smallest absolute Gasteiger partial charge is 0.109 e. The first-order valence-corrected chi connectivity index (χ1v) is 3.73. The van der Waals surface area contributed by atoms with Crippen LogP contribution in [0.15, 0.2) is 30.3 Å². The topological polar surface area (TPSA) is 49.9 Å². The van der Waals surface area contributed by atoms with Crippen molar-refractivity contribution in [3.8, 4) is 0 Å². The van der Waals surface area contributed by atoms with Crippen molar-refractivity contribution >= 4 is 17.0 Å². The molecular weight excluding hydrogens is 144 g/mol. The predicted molar refractivity (Wildman–Crippen MR) is 45.0 cm³/mol. The molecule has 0 spiro atoms. The van der Waals surface area contributed by atoms with Gasteiger partial charge in [-0.25, -0.2) is 0 Å². The maximum absolute atomic E-state index is 7.32. The zero-order valence-electron chi connectivity index (χ0n) is 5.37. The Balaban J connectivity index is 2.85. The summed E-state index contributed by atoms with van der Waals surface area (Å²) >= 11 is 0.961. The summed E-state index contributed by atoms with van der Waals surface area (Å²) in [6.45, 7) is 0. The lowest BCUT2D eigenvalue weighted by atomic mass is 10.2. The highest BCUT2D eigenvalue weighted by molar-refractivity contribution is 8.12. The van der Waals surface area contributed by atoms with E-state index in [2.05, 4.69) is 0 Å². The van der Waals surface area contributed by atoms with Crippen LogP contribution in [0.4, 0.5) is 0 Å². The molecule has 3 heteroatoms. The lowest BCUT2D eigenvalue weighted by molar-refractivity contribution is 1.52. The Morgan fingerprint density at radius 3 is 2.40 bits per heavy atom. The highest BCUT2D eigenvalue weighted by Gasteiger charge is 1.95. The zero-order chi connectivity index (χ0) is 7.40. The third kappa shape index (κ3) is 1.59. The fourth-order valence-corrected chi connectivity index (χ4v) is 0.930. The Bertz CT molecular complexity index is 220. The van der Waals surface area contributed by atoms with Crippen molar-refractivity contribution in [2.45, 2.75) is 0 Å². The predicted octanol–water partition coefficient (Wildman–Crippen LogP) is 1.62. The molecule has 0 aromatic heterocycles. The summed E-state index contributed by atoms with van der Waals surface area (Å²) in [6, 6.07) is 9.42.